The van der Waals surface area contributed by atoms with Gasteiger partial charge in [-0.25, -0.2) is 9.18 Å². The molecule has 0 radical (unpaired) electrons. The van der Waals surface area contributed by atoms with E-state index in [-0.39, 0.29) is 6.61 Å². The predicted molar refractivity (Wildman–Crippen MR) is 53.4 cm³/mol. The molecule has 2 N–H and O–H groups in total. The lowest BCUT2D eigenvalue weighted by molar-refractivity contribution is -0.0504. The fourth-order valence-corrected chi connectivity index (χ4v) is 1.18. The summed E-state index contributed by atoms with van der Waals surface area (Å²) in [5.74, 6) is -2.44. The molecule has 1 rings (SSSR count). The van der Waals surface area contributed by atoms with E-state index >= 15 is 0 Å². The van der Waals surface area contributed by atoms with E-state index in [2.05, 4.69) is 9.47 Å². The van der Waals surface area contributed by atoms with Crippen LogP contribution in [0.15, 0.2) is 12.1 Å². The second-order valence-electron chi connectivity index (χ2n) is 2.93. The van der Waals surface area contributed by atoms with Crippen molar-refractivity contribution < 1.29 is 27.4 Å². The first-order valence-corrected chi connectivity index (χ1v) is 4.67. The highest BCUT2D eigenvalue weighted by Crippen LogP contribution is 2.29. The van der Waals surface area contributed by atoms with Crippen LogP contribution in [0.3, 0.4) is 0 Å². The summed E-state index contributed by atoms with van der Waals surface area (Å²) in [6, 6.07) is 1.72. The number of benzene rings is 1. The van der Waals surface area contributed by atoms with Crippen LogP contribution in [-0.2, 0) is 4.74 Å². The molecule has 0 unspecified atom stereocenters. The summed E-state index contributed by atoms with van der Waals surface area (Å²) in [6.45, 7) is -1.63. The van der Waals surface area contributed by atoms with Gasteiger partial charge in [0.1, 0.15) is 17.1 Å². The zero-order chi connectivity index (χ0) is 13.0. The Morgan fingerprint density at radius 3 is 2.65 bits per heavy atom. The highest BCUT2D eigenvalue weighted by Gasteiger charge is 2.22. The molecular weight excluding hydrogens is 239 g/mol. The van der Waals surface area contributed by atoms with Gasteiger partial charge in [-0.05, 0) is 19.1 Å². The maximum Gasteiger partial charge on any atom is 0.387 e. The number of halogens is 3. The minimum Gasteiger partial charge on any atom is -0.462 e. The average molecular weight is 249 g/mol. The average Bonchev–Trinajstić information content (AvgIpc) is 2.23. The summed E-state index contributed by atoms with van der Waals surface area (Å²) in [5.41, 5.74) is 4.17. The number of ether oxygens (including phenoxy) is 2. The van der Waals surface area contributed by atoms with Crippen LogP contribution in [0.2, 0.25) is 0 Å². The zero-order valence-electron chi connectivity index (χ0n) is 8.88. The third-order valence-electron chi connectivity index (χ3n) is 1.85. The second-order valence-corrected chi connectivity index (χ2v) is 2.93. The van der Waals surface area contributed by atoms with Crippen LogP contribution >= 0.6 is 0 Å². The van der Waals surface area contributed by atoms with E-state index in [0.717, 1.165) is 12.1 Å². The standard InChI is InChI=1S/C10H10F3NO3/c1-2-16-9(15)7-6(17-10(12)13)4-3-5(11)8(7)14/h3-4,10H,2,14H2,1H3. The Labute approximate surface area is 95.1 Å². The maximum atomic E-state index is 13.1. The topological polar surface area (TPSA) is 61.5 Å². The van der Waals surface area contributed by atoms with Gasteiger partial charge in [-0.3, -0.25) is 0 Å². The molecule has 0 aliphatic rings. The van der Waals surface area contributed by atoms with Gasteiger partial charge in [-0.2, -0.15) is 8.78 Å². The largest absolute Gasteiger partial charge is 0.462 e. The SMILES string of the molecule is CCOC(=O)c1c(OC(F)F)ccc(F)c1N. The number of nitrogen functional groups attached to an aromatic ring is 1. The Morgan fingerprint density at radius 2 is 2.12 bits per heavy atom. The Hall–Kier alpha value is -1.92. The molecule has 94 valence electrons. The molecule has 0 spiro atoms. The third-order valence-corrected chi connectivity index (χ3v) is 1.85. The van der Waals surface area contributed by atoms with Crippen LogP contribution in [0.1, 0.15) is 17.3 Å². The Kier molecular flexibility index (Phi) is 4.19. The van der Waals surface area contributed by atoms with Crippen molar-refractivity contribution >= 4 is 11.7 Å². The van der Waals surface area contributed by atoms with E-state index < -0.39 is 35.4 Å². The molecular formula is C10H10F3NO3. The van der Waals surface area contributed by atoms with Crippen molar-refractivity contribution in [2.75, 3.05) is 12.3 Å². The highest BCUT2D eigenvalue weighted by atomic mass is 19.3. The van der Waals surface area contributed by atoms with Crippen molar-refractivity contribution in [2.24, 2.45) is 0 Å². The molecule has 4 nitrogen and oxygen atoms in total. The molecule has 0 saturated heterocycles. The smallest absolute Gasteiger partial charge is 0.387 e. The van der Waals surface area contributed by atoms with Gasteiger partial charge in [-0.15, -0.1) is 0 Å². The molecule has 0 aliphatic carbocycles. The summed E-state index contributed by atoms with van der Waals surface area (Å²) >= 11 is 0. The molecule has 0 bridgehead atoms. The Balaban J connectivity index is 3.21. The van der Waals surface area contributed by atoms with Gasteiger partial charge in [0.15, 0.2) is 0 Å². The number of rotatable bonds is 4. The van der Waals surface area contributed by atoms with E-state index in [1.165, 1.54) is 6.92 Å². The van der Waals surface area contributed by atoms with Gasteiger partial charge < -0.3 is 15.2 Å². The van der Waals surface area contributed by atoms with E-state index in [1.807, 2.05) is 0 Å². The first-order valence-electron chi connectivity index (χ1n) is 4.67. The number of alkyl halides is 2. The van der Waals surface area contributed by atoms with E-state index in [1.54, 1.807) is 0 Å². The minimum absolute atomic E-state index is 0.00288. The number of anilines is 1. The van der Waals surface area contributed by atoms with Gasteiger partial charge in [-0.1, -0.05) is 0 Å². The molecule has 1 aromatic rings. The number of nitrogens with two attached hydrogens (primary N) is 1. The lowest BCUT2D eigenvalue weighted by Gasteiger charge is -2.12. The van der Waals surface area contributed by atoms with Crippen LogP contribution in [0.5, 0.6) is 5.75 Å². The van der Waals surface area contributed by atoms with Crippen LogP contribution in [-0.4, -0.2) is 19.2 Å². The summed E-state index contributed by atoms with van der Waals surface area (Å²) in [4.78, 5) is 11.4. The number of hydrogen-bond donors (Lipinski definition) is 1. The maximum absolute atomic E-state index is 13.1. The number of carbonyl (C=O) groups excluding carboxylic acids is 1. The number of carbonyl (C=O) groups is 1. The van der Waals surface area contributed by atoms with Gasteiger partial charge in [0.2, 0.25) is 0 Å². The van der Waals surface area contributed by atoms with Crippen molar-refractivity contribution in [3.05, 3.63) is 23.5 Å². The van der Waals surface area contributed by atoms with Crippen LogP contribution in [0, 0.1) is 5.82 Å². The quantitative estimate of drug-likeness (QED) is 0.656. The number of hydrogen-bond acceptors (Lipinski definition) is 4. The fraction of sp³-hybridized carbons (Fsp3) is 0.300. The zero-order valence-corrected chi connectivity index (χ0v) is 8.88. The minimum atomic E-state index is -3.15. The van der Waals surface area contributed by atoms with Gasteiger partial charge in [0, 0.05) is 0 Å². The molecule has 0 heterocycles. The molecule has 0 amide bonds. The van der Waals surface area contributed by atoms with Crippen molar-refractivity contribution in [3.8, 4) is 5.75 Å². The predicted octanol–water partition coefficient (Wildman–Crippen LogP) is 2.19. The Bertz CT molecular complexity index is 424. The fourth-order valence-electron chi connectivity index (χ4n) is 1.18. The van der Waals surface area contributed by atoms with Crippen LogP contribution in [0.25, 0.3) is 0 Å². The summed E-state index contributed by atoms with van der Waals surface area (Å²) in [6.07, 6.45) is 0. The molecule has 1 aromatic carbocycles. The molecule has 0 saturated carbocycles. The lowest BCUT2D eigenvalue weighted by Crippen LogP contribution is -2.14. The monoisotopic (exact) mass is 249 g/mol. The van der Waals surface area contributed by atoms with Crippen molar-refractivity contribution in [1.29, 1.82) is 0 Å². The van der Waals surface area contributed by atoms with E-state index in [9.17, 15) is 18.0 Å². The second kappa shape index (κ2) is 5.42. The van der Waals surface area contributed by atoms with Gasteiger partial charge in [0.05, 0.1) is 12.3 Å². The molecule has 7 heteroatoms. The summed E-state index contributed by atoms with van der Waals surface area (Å²) < 4.78 is 45.9. The molecule has 17 heavy (non-hydrogen) atoms. The molecule has 0 fully saturated rings. The van der Waals surface area contributed by atoms with Crippen molar-refractivity contribution in [2.45, 2.75) is 13.5 Å². The summed E-state index contributed by atoms with van der Waals surface area (Å²) in [5, 5.41) is 0. The van der Waals surface area contributed by atoms with Crippen molar-refractivity contribution in [3.63, 3.8) is 0 Å². The third kappa shape index (κ3) is 3.02. The highest BCUT2D eigenvalue weighted by molar-refractivity contribution is 5.98. The van der Waals surface area contributed by atoms with Gasteiger partial charge in [0.25, 0.3) is 0 Å². The van der Waals surface area contributed by atoms with Crippen LogP contribution in [0.4, 0.5) is 18.9 Å². The summed E-state index contributed by atoms with van der Waals surface area (Å²) in [7, 11) is 0. The van der Waals surface area contributed by atoms with Gasteiger partial charge >= 0.3 is 12.6 Å². The lowest BCUT2D eigenvalue weighted by atomic mass is 10.1. The number of esters is 1. The molecule has 0 atom stereocenters. The van der Waals surface area contributed by atoms with E-state index in [0.29, 0.717) is 0 Å². The Morgan fingerprint density at radius 1 is 1.47 bits per heavy atom. The first-order chi connectivity index (χ1) is 7.97. The molecule has 0 aliphatic heterocycles. The van der Waals surface area contributed by atoms with Crippen molar-refractivity contribution in [1.82, 2.24) is 0 Å². The first kappa shape index (κ1) is 13.1. The van der Waals surface area contributed by atoms with Crippen LogP contribution < -0.4 is 10.5 Å². The normalized spacial score (nSPS) is 10.4. The van der Waals surface area contributed by atoms with E-state index in [4.69, 9.17) is 5.73 Å². The molecule has 0 aromatic heterocycles.